The lowest BCUT2D eigenvalue weighted by atomic mass is 9.74. The van der Waals surface area contributed by atoms with E-state index in [1.165, 1.54) is 4.88 Å². The van der Waals surface area contributed by atoms with Crippen LogP contribution in [-0.4, -0.2) is 35.0 Å². The summed E-state index contributed by atoms with van der Waals surface area (Å²) in [6.07, 6.45) is 0. The van der Waals surface area contributed by atoms with Crippen molar-refractivity contribution in [2.45, 2.75) is 19.9 Å². The van der Waals surface area contributed by atoms with Crippen molar-refractivity contribution in [3.05, 3.63) is 52.2 Å². The summed E-state index contributed by atoms with van der Waals surface area (Å²) in [5.41, 5.74) is 0.549. The van der Waals surface area contributed by atoms with Crippen molar-refractivity contribution in [2.75, 3.05) is 13.2 Å². The SMILES string of the molecule is CC1(C)CN(C(=O)c2cccc(OCC(=O)O)c2)C1c1cccs1. The lowest BCUT2D eigenvalue weighted by Crippen LogP contribution is -2.57. The van der Waals surface area contributed by atoms with Gasteiger partial charge in [0.1, 0.15) is 5.75 Å². The van der Waals surface area contributed by atoms with Gasteiger partial charge in [0.15, 0.2) is 6.61 Å². The lowest BCUT2D eigenvalue weighted by molar-refractivity contribution is -0.139. The first kappa shape index (κ1) is 16.5. The third-order valence-corrected chi connectivity index (χ3v) is 5.07. The summed E-state index contributed by atoms with van der Waals surface area (Å²) < 4.78 is 5.16. The number of likely N-dealkylation sites (tertiary alicyclic amines) is 1. The van der Waals surface area contributed by atoms with E-state index in [4.69, 9.17) is 9.84 Å². The van der Waals surface area contributed by atoms with Gasteiger partial charge in [-0.3, -0.25) is 4.79 Å². The van der Waals surface area contributed by atoms with Gasteiger partial charge in [0.25, 0.3) is 5.91 Å². The molecule has 24 heavy (non-hydrogen) atoms. The van der Waals surface area contributed by atoms with Gasteiger partial charge in [-0.05, 0) is 29.6 Å². The molecule has 6 heteroatoms. The van der Waals surface area contributed by atoms with Crippen LogP contribution >= 0.6 is 11.3 Å². The fraction of sp³-hybridized carbons (Fsp3) is 0.333. The maximum atomic E-state index is 12.9. The van der Waals surface area contributed by atoms with Crippen LogP contribution < -0.4 is 4.74 Å². The van der Waals surface area contributed by atoms with E-state index in [1.807, 2.05) is 16.3 Å². The van der Waals surface area contributed by atoms with E-state index < -0.39 is 12.6 Å². The Bertz CT molecular complexity index is 754. The van der Waals surface area contributed by atoms with E-state index in [-0.39, 0.29) is 17.4 Å². The molecular weight excluding hydrogens is 326 g/mol. The van der Waals surface area contributed by atoms with Gasteiger partial charge in [0.2, 0.25) is 0 Å². The molecule has 0 bridgehead atoms. The fourth-order valence-electron chi connectivity index (χ4n) is 3.13. The Kier molecular flexibility index (Phi) is 4.32. The van der Waals surface area contributed by atoms with Crippen LogP contribution in [0.2, 0.25) is 0 Å². The van der Waals surface area contributed by atoms with Gasteiger partial charge < -0.3 is 14.7 Å². The highest BCUT2D eigenvalue weighted by atomic mass is 32.1. The molecule has 1 saturated heterocycles. The van der Waals surface area contributed by atoms with Crippen LogP contribution in [0.15, 0.2) is 41.8 Å². The van der Waals surface area contributed by atoms with Gasteiger partial charge in [-0.25, -0.2) is 4.79 Å². The molecule has 0 radical (unpaired) electrons. The molecule has 1 aliphatic rings. The number of benzene rings is 1. The number of carboxylic acid groups (broad SMARTS) is 1. The van der Waals surface area contributed by atoms with Crippen LogP contribution in [0.1, 0.15) is 35.1 Å². The molecule has 0 saturated carbocycles. The van der Waals surface area contributed by atoms with Gasteiger partial charge in [-0.15, -0.1) is 11.3 Å². The first-order chi connectivity index (χ1) is 11.4. The molecule has 1 unspecified atom stereocenters. The second kappa shape index (κ2) is 6.28. The highest BCUT2D eigenvalue weighted by Crippen LogP contribution is 2.50. The fourth-order valence-corrected chi connectivity index (χ4v) is 4.18. The number of ether oxygens (including phenoxy) is 1. The Morgan fingerprint density at radius 1 is 1.33 bits per heavy atom. The summed E-state index contributed by atoms with van der Waals surface area (Å²) in [7, 11) is 0. The molecule has 1 N–H and O–H groups in total. The number of rotatable bonds is 5. The average Bonchev–Trinajstić information content (AvgIpc) is 3.04. The number of carbonyl (C=O) groups is 2. The first-order valence-corrected chi connectivity index (χ1v) is 8.55. The van der Waals surface area contributed by atoms with Gasteiger partial charge in [0.05, 0.1) is 6.04 Å². The third-order valence-electron chi connectivity index (χ3n) is 4.15. The Morgan fingerprint density at radius 3 is 2.75 bits per heavy atom. The number of amides is 1. The second-order valence-corrected chi connectivity index (χ2v) is 7.53. The molecule has 1 aromatic heterocycles. The summed E-state index contributed by atoms with van der Waals surface area (Å²) in [6.45, 7) is 4.59. The van der Waals surface area contributed by atoms with Crippen LogP contribution in [0, 0.1) is 5.41 Å². The Morgan fingerprint density at radius 2 is 2.12 bits per heavy atom. The third kappa shape index (κ3) is 3.14. The molecule has 2 aromatic rings. The Labute approximate surface area is 144 Å². The Balaban J connectivity index is 1.79. The predicted octanol–water partition coefficient (Wildman–Crippen LogP) is 3.43. The summed E-state index contributed by atoms with van der Waals surface area (Å²) in [5, 5.41) is 10.7. The highest BCUT2D eigenvalue weighted by molar-refractivity contribution is 7.10. The molecular formula is C18H19NO4S. The molecule has 1 fully saturated rings. The normalized spacial score (nSPS) is 18.8. The van der Waals surface area contributed by atoms with Gasteiger partial charge in [0, 0.05) is 22.4 Å². The molecule has 126 valence electrons. The molecule has 1 amide bonds. The zero-order valence-corrected chi connectivity index (χ0v) is 14.4. The number of hydrogen-bond acceptors (Lipinski definition) is 4. The lowest BCUT2D eigenvalue weighted by Gasteiger charge is -2.54. The first-order valence-electron chi connectivity index (χ1n) is 7.67. The monoisotopic (exact) mass is 345 g/mol. The van der Waals surface area contributed by atoms with Crippen molar-refractivity contribution in [3.8, 4) is 5.75 Å². The maximum absolute atomic E-state index is 12.9. The second-order valence-electron chi connectivity index (χ2n) is 6.55. The van der Waals surface area contributed by atoms with Gasteiger partial charge in [-0.2, -0.15) is 0 Å². The van der Waals surface area contributed by atoms with Crippen LogP contribution in [-0.2, 0) is 4.79 Å². The minimum atomic E-state index is -1.05. The molecule has 0 spiro atoms. The van der Waals surface area contributed by atoms with Crippen molar-refractivity contribution in [2.24, 2.45) is 5.41 Å². The van der Waals surface area contributed by atoms with Crippen molar-refractivity contribution in [3.63, 3.8) is 0 Å². The molecule has 2 heterocycles. The number of thiophene rings is 1. The predicted molar refractivity (Wildman–Crippen MR) is 91.5 cm³/mol. The zero-order chi connectivity index (χ0) is 17.3. The molecule has 0 aliphatic carbocycles. The number of carbonyl (C=O) groups excluding carboxylic acids is 1. The molecule has 1 aliphatic heterocycles. The van der Waals surface area contributed by atoms with Crippen molar-refractivity contribution in [1.29, 1.82) is 0 Å². The number of carboxylic acids is 1. The van der Waals surface area contributed by atoms with E-state index in [1.54, 1.807) is 35.6 Å². The molecule has 1 atom stereocenters. The van der Waals surface area contributed by atoms with Crippen molar-refractivity contribution < 1.29 is 19.4 Å². The van der Waals surface area contributed by atoms with Crippen LogP contribution in [0.5, 0.6) is 5.75 Å². The maximum Gasteiger partial charge on any atom is 0.341 e. The molecule has 1 aromatic carbocycles. The molecule has 5 nitrogen and oxygen atoms in total. The number of nitrogens with zero attached hydrogens (tertiary/aromatic N) is 1. The number of hydrogen-bond donors (Lipinski definition) is 1. The number of aliphatic carboxylic acids is 1. The van der Waals surface area contributed by atoms with Crippen molar-refractivity contribution >= 4 is 23.2 Å². The van der Waals surface area contributed by atoms with Gasteiger partial charge in [-0.1, -0.05) is 26.0 Å². The average molecular weight is 345 g/mol. The smallest absolute Gasteiger partial charge is 0.341 e. The summed E-state index contributed by atoms with van der Waals surface area (Å²) >= 11 is 1.66. The zero-order valence-electron chi connectivity index (χ0n) is 13.6. The van der Waals surface area contributed by atoms with Crippen LogP contribution in [0.4, 0.5) is 0 Å². The topological polar surface area (TPSA) is 66.8 Å². The summed E-state index contributed by atoms with van der Waals surface area (Å²) in [6, 6.07) is 10.8. The quantitative estimate of drug-likeness (QED) is 0.901. The van der Waals surface area contributed by atoms with Crippen LogP contribution in [0.3, 0.4) is 0 Å². The summed E-state index contributed by atoms with van der Waals surface area (Å²) in [5.74, 6) is -0.724. The minimum Gasteiger partial charge on any atom is -0.482 e. The standard InChI is InChI=1S/C18H19NO4S/c1-18(2)11-19(16(18)14-7-4-8-24-14)17(22)12-5-3-6-13(9-12)23-10-15(20)21/h3-9,16H,10-11H2,1-2H3,(H,20,21). The van der Waals surface area contributed by atoms with E-state index in [0.717, 1.165) is 0 Å². The summed E-state index contributed by atoms with van der Waals surface area (Å²) in [4.78, 5) is 26.5. The minimum absolute atomic E-state index is 0.0396. The van der Waals surface area contributed by atoms with Crippen molar-refractivity contribution in [1.82, 2.24) is 4.90 Å². The van der Waals surface area contributed by atoms with Gasteiger partial charge >= 0.3 is 5.97 Å². The Hall–Kier alpha value is -2.34. The van der Waals surface area contributed by atoms with E-state index in [0.29, 0.717) is 17.9 Å². The van der Waals surface area contributed by atoms with Crippen LogP contribution in [0.25, 0.3) is 0 Å². The molecule has 3 rings (SSSR count). The highest BCUT2D eigenvalue weighted by Gasteiger charge is 2.49. The van der Waals surface area contributed by atoms with E-state index in [9.17, 15) is 9.59 Å². The van der Waals surface area contributed by atoms with E-state index in [2.05, 4.69) is 19.9 Å². The largest absolute Gasteiger partial charge is 0.482 e. The van der Waals surface area contributed by atoms with E-state index >= 15 is 0 Å².